The minimum Gasteiger partial charge on any atom is -0.476 e. The van der Waals surface area contributed by atoms with Crippen molar-refractivity contribution in [1.29, 1.82) is 0 Å². The largest absolute Gasteiger partial charge is 0.476 e. The summed E-state index contributed by atoms with van der Waals surface area (Å²) in [6.45, 7) is -0.756. The number of esters is 1. The van der Waals surface area contributed by atoms with Crippen molar-refractivity contribution in [2.75, 3.05) is 19.8 Å². The van der Waals surface area contributed by atoms with Gasteiger partial charge in [-0.05, 0) is 22.3 Å². The standard InChI is InChI=1S/C28H32N2O12/c1-14(32)30-23-20(33)10-28(26(37)38,42-25(23)24(36)21(34)12-31)41-22(35)11-29-27(39)40-13-19-17-8-4-2-6-15(17)16-7-3-5-9-18(16)19/h2-9,19-21,23-25,31,33-34,36H,10-13H2,1H3,(H,29,39)(H,30,32)(H,37,38)/t20-,21+,23+,24+,25+,28-/m0/s1. The zero-order valence-corrected chi connectivity index (χ0v) is 22.5. The predicted molar refractivity (Wildman–Crippen MR) is 142 cm³/mol. The van der Waals surface area contributed by atoms with E-state index in [1.54, 1.807) is 0 Å². The van der Waals surface area contributed by atoms with Crippen LogP contribution in [0.4, 0.5) is 4.79 Å². The van der Waals surface area contributed by atoms with Crippen molar-refractivity contribution in [1.82, 2.24) is 10.6 Å². The lowest BCUT2D eigenvalue weighted by molar-refractivity contribution is -0.300. The number of fused-ring (bicyclic) bond motifs is 3. The molecule has 1 saturated heterocycles. The molecule has 0 bridgehead atoms. The lowest BCUT2D eigenvalue weighted by atomic mass is 9.88. The molecule has 2 amide bonds. The maximum Gasteiger partial charge on any atom is 0.407 e. The molecule has 42 heavy (non-hydrogen) atoms. The number of nitrogens with one attached hydrogen (secondary N) is 2. The topological polar surface area (TPSA) is 221 Å². The molecule has 1 heterocycles. The molecule has 1 aliphatic heterocycles. The van der Waals surface area contributed by atoms with Gasteiger partial charge < -0.3 is 50.4 Å². The summed E-state index contributed by atoms with van der Waals surface area (Å²) in [5, 5.41) is 54.5. The Hall–Kier alpha value is -4.08. The molecule has 0 radical (unpaired) electrons. The van der Waals surface area contributed by atoms with E-state index in [1.165, 1.54) is 0 Å². The number of carboxylic acids is 1. The van der Waals surface area contributed by atoms with Crippen molar-refractivity contribution in [2.24, 2.45) is 0 Å². The fraction of sp³-hybridized carbons (Fsp3) is 0.429. The van der Waals surface area contributed by atoms with Gasteiger partial charge >= 0.3 is 23.8 Å². The van der Waals surface area contributed by atoms with E-state index in [-0.39, 0.29) is 12.5 Å². The van der Waals surface area contributed by atoms with Gasteiger partial charge in [0, 0.05) is 12.8 Å². The van der Waals surface area contributed by atoms with E-state index < -0.39 is 79.8 Å². The summed E-state index contributed by atoms with van der Waals surface area (Å²) < 4.78 is 15.7. The summed E-state index contributed by atoms with van der Waals surface area (Å²) in [7, 11) is 0. The van der Waals surface area contributed by atoms with Crippen LogP contribution in [0, 0.1) is 0 Å². The number of benzene rings is 2. The third kappa shape index (κ3) is 6.37. The van der Waals surface area contributed by atoms with Crippen molar-refractivity contribution in [3.8, 4) is 11.1 Å². The molecule has 0 spiro atoms. The van der Waals surface area contributed by atoms with E-state index in [0.29, 0.717) is 0 Å². The third-order valence-corrected chi connectivity index (χ3v) is 7.19. The van der Waals surface area contributed by atoms with Gasteiger partial charge in [-0.3, -0.25) is 9.59 Å². The molecule has 1 aliphatic carbocycles. The van der Waals surface area contributed by atoms with Crippen LogP contribution >= 0.6 is 0 Å². The van der Waals surface area contributed by atoms with Gasteiger partial charge in [-0.15, -0.1) is 0 Å². The first kappa shape index (κ1) is 30.9. The van der Waals surface area contributed by atoms with Crippen LogP contribution in [-0.2, 0) is 28.6 Å². The number of carboxylic acid groups (broad SMARTS) is 1. The van der Waals surface area contributed by atoms with Gasteiger partial charge in [0.15, 0.2) is 0 Å². The molecule has 6 atom stereocenters. The quantitative estimate of drug-likeness (QED) is 0.170. The highest BCUT2D eigenvalue weighted by Gasteiger charge is 2.57. The van der Waals surface area contributed by atoms with E-state index >= 15 is 0 Å². The van der Waals surface area contributed by atoms with Crippen LogP contribution in [0.3, 0.4) is 0 Å². The molecule has 2 aromatic carbocycles. The van der Waals surface area contributed by atoms with Crippen molar-refractivity contribution in [2.45, 2.75) is 55.5 Å². The number of hydrogen-bond donors (Lipinski definition) is 7. The molecule has 0 aromatic heterocycles. The van der Waals surface area contributed by atoms with Crippen molar-refractivity contribution >= 4 is 23.9 Å². The van der Waals surface area contributed by atoms with Crippen molar-refractivity contribution in [3.05, 3.63) is 59.7 Å². The van der Waals surface area contributed by atoms with Gasteiger partial charge in [-0.1, -0.05) is 48.5 Å². The van der Waals surface area contributed by atoms with Crippen LogP contribution in [0.2, 0.25) is 0 Å². The molecule has 226 valence electrons. The number of ether oxygens (including phenoxy) is 3. The van der Waals surface area contributed by atoms with E-state index in [2.05, 4.69) is 10.6 Å². The van der Waals surface area contributed by atoms with Crippen LogP contribution in [0.1, 0.15) is 30.4 Å². The van der Waals surface area contributed by atoms with Gasteiger partial charge in [0.2, 0.25) is 5.91 Å². The molecule has 7 N–H and O–H groups in total. The maximum absolute atomic E-state index is 12.6. The molecule has 2 aliphatic rings. The SMILES string of the molecule is CC(=O)N[C@H]1[C@H]([C@H](O)[C@H](O)CO)O[C@](OC(=O)CNC(=O)OCC2c3ccccc3-c3ccccc32)(C(=O)O)C[C@@H]1O. The Morgan fingerprint density at radius 2 is 1.64 bits per heavy atom. The fourth-order valence-electron chi connectivity index (χ4n) is 5.25. The summed E-state index contributed by atoms with van der Waals surface area (Å²) in [6, 6.07) is 14.0. The summed E-state index contributed by atoms with van der Waals surface area (Å²) in [4.78, 5) is 48.8. The summed E-state index contributed by atoms with van der Waals surface area (Å²) >= 11 is 0. The second kappa shape index (κ2) is 12.8. The highest BCUT2D eigenvalue weighted by atomic mass is 16.7. The first-order chi connectivity index (χ1) is 20.0. The second-order valence-electron chi connectivity index (χ2n) is 10.0. The molecule has 1 fully saturated rings. The molecule has 0 unspecified atom stereocenters. The minimum absolute atomic E-state index is 0.0411. The Labute approximate surface area is 239 Å². The van der Waals surface area contributed by atoms with E-state index in [1.807, 2.05) is 48.5 Å². The summed E-state index contributed by atoms with van der Waals surface area (Å²) in [6.07, 6.45) is -9.26. The van der Waals surface area contributed by atoms with Crippen LogP contribution in [0.5, 0.6) is 0 Å². The van der Waals surface area contributed by atoms with Crippen molar-refractivity contribution in [3.63, 3.8) is 0 Å². The van der Waals surface area contributed by atoms with Gasteiger partial charge in [0.25, 0.3) is 0 Å². The summed E-state index contributed by atoms with van der Waals surface area (Å²) in [5.41, 5.74) is 4.00. The maximum atomic E-state index is 12.6. The minimum atomic E-state index is -2.87. The monoisotopic (exact) mass is 588 g/mol. The Morgan fingerprint density at radius 1 is 1.05 bits per heavy atom. The van der Waals surface area contributed by atoms with E-state index in [0.717, 1.165) is 29.2 Å². The normalized spacial score (nSPS) is 24.5. The van der Waals surface area contributed by atoms with Crippen LogP contribution in [-0.4, -0.2) is 105 Å². The molecular weight excluding hydrogens is 556 g/mol. The zero-order chi connectivity index (χ0) is 30.6. The Bertz CT molecular complexity index is 1290. The van der Waals surface area contributed by atoms with Crippen LogP contribution in [0.15, 0.2) is 48.5 Å². The first-order valence-corrected chi connectivity index (χ1v) is 13.1. The fourth-order valence-corrected chi connectivity index (χ4v) is 5.25. The number of alkyl carbamates (subject to hydrolysis) is 1. The predicted octanol–water partition coefficient (Wildman–Crippen LogP) is -0.782. The van der Waals surface area contributed by atoms with Crippen molar-refractivity contribution < 1.29 is 58.9 Å². The van der Waals surface area contributed by atoms with Gasteiger partial charge in [-0.2, -0.15) is 0 Å². The smallest absolute Gasteiger partial charge is 0.407 e. The number of aliphatic hydroxyl groups is 4. The first-order valence-electron chi connectivity index (χ1n) is 13.1. The van der Waals surface area contributed by atoms with Crippen LogP contribution < -0.4 is 10.6 Å². The van der Waals surface area contributed by atoms with Crippen LogP contribution in [0.25, 0.3) is 11.1 Å². The Kier molecular flexibility index (Phi) is 9.43. The average Bonchev–Trinajstić information content (AvgIpc) is 3.28. The lowest BCUT2D eigenvalue weighted by Gasteiger charge is -2.46. The third-order valence-electron chi connectivity index (χ3n) is 7.19. The molecule has 4 rings (SSSR count). The van der Waals surface area contributed by atoms with Gasteiger partial charge in [-0.25, -0.2) is 9.59 Å². The Morgan fingerprint density at radius 3 is 2.19 bits per heavy atom. The molecule has 14 heteroatoms. The zero-order valence-electron chi connectivity index (χ0n) is 22.5. The highest BCUT2D eigenvalue weighted by molar-refractivity contribution is 5.84. The van der Waals surface area contributed by atoms with E-state index in [9.17, 15) is 44.7 Å². The van der Waals surface area contributed by atoms with Gasteiger partial charge in [0.1, 0.15) is 31.5 Å². The molecular formula is C28H32N2O12. The molecule has 0 saturated carbocycles. The molecule has 14 nitrogen and oxygen atoms in total. The number of carbonyl (C=O) groups excluding carboxylic acids is 3. The number of carbonyl (C=O) groups is 4. The number of rotatable bonds is 10. The Balaban J connectivity index is 1.39. The number of amides is 2. The summed E-state index contributed by atoms with van der Waals surface area (Å²) in [5.74, 6) is -6.93. The average molecular weight is 589 g/mol. The number of hydrogen-bond acceptors (Lipinski definition) is 11. The van der Waals surface area contributed by atoms with E-state index in [4.69, 9.17) is 14.2 Å². The van der Waals surface area contributed by atoms with Gasteiger partial charge in [0.05, 0.1) is 25.2 Å². The molecule has 2 aromatic rings. The highest BCUT2D eigenvalue weighted by Crippen LogP contribution is 2.44. The second-order valence-corrected chi connectivity index (χ2v) is 10.0. The lowest BCUT2D eigenvalue weighted by Crippen LogP contribution is -2.68. The number of aliphatic hydroxyl groups excluding tert-OH is 4. The number of aliphatic carboxylic acids is 1.